The molecular formula is C16H28N2O3. The van der Waals surface area contributed by atoms with Crippen molar-refractivity contribution in [2.24, 2.45) is 11.3 Å². The van der Waals surface area contributed by atoms with Crippen LogP contribution in [0.3, 0.4) is 0 Å². The second-order valence-corrected chi connectivity index (χ2v) is 6.59. The first-order chi connectivity index (χ1) is 10.0. The number of carbonyl (C=O) groups is 2. The number of rotatable bonds is 3. The Kier molecular flexibility index (Phi) is 5.12. The summed E-state index contributed by atoms with van der Waals surface area (Å²) in [6, 6.07) is 0.0447. The molecule has 5 heteroatoms. The van der Waals surface area contributed by atoms with Gasteiger partial charge in [-0.05, 0) is 38.0 Å². The van der Waals surface area contributed by atoms with Gasteiger partial charge in [-0.2, -0.15) is 0 Å². The molecule has 2 rings (SSSR count). The zero-order valence-electron chi connectivity index (χ0n) is 13.3. The Labute approximate surface area is 127 Å². The lowest BCUT2D eigenvalue weighted by Crippen LogP contribution is -2.54. The number of nitrogens with zero attached hydrogens (tertiary/aromatic N) is 2. The molecule has 0 aromatic carbocycles. The van der Waals surface area contributed by atoms with Crippen LogP contribution in [0, 0.1) is 11.3 Å². The van der Waals surface area contributed by atoms with Crippen LogP contribution in [0.5, 0.6) is 0 Å². The number of likely N-dealkylation sites (tertiary alicyclic amines) is 2. The van der Waals surface area contributed by atoms with Crippen molar-refractivity contribution in [1.29, 1.82) is 0 Å². The average Bonchev–Trinajstić information content (AvgIpc) is 2.54. The Morgan fingerprint density at radius 1 is 1.14 bits per heavy atom. The molecule has 0 saturated carbocycles. The molecule has 21 heavy (non-hydrogen) atoms. The van der Waals surface area contributed by atoms with E-state index < -0.39 is 11.4 Å². The molecule has 0 aromatic rings. The van der Waals surface area contributed by atoms with E-state index in [9.17, 15) is 14.7 Å². The highest BCUT2D eigenvalue weighted by molar-refractivity contribution is 5.79. The zero-order valence-corrected chi connectivity index (χ0v) is 13.3. The van der Waals surface area contributed by atoms with E-state index in [-0.39, 0.29) is 6.03 Å². The summed E-state index contributed by atoms with van der Waals surface area (Å²) in [5.74, 6) is -0.0173. The van der Waals surface area contributed by atoms with Crippen LogP contribution in [0.2, 0.25) is 0 Å². The molecule has 0 aliphatic carbocycles. The molecule has 0 bridgehead atoms. The number of hydrogen-bond donors (Lipinski definition) is 1. The predicted molar refractivity (Wildman–Crippen MR) is 81.2 cm³/mol. The number of urea groups is 1. The number of carboxylic acid groups (broad SMARTS) is 1. The molecule has 2 amide bonds. The fraction of sp³-hybridized carbons (Fsp3) is 0.875. The molecule has 5 nitrogen and oxygen atoms in total. The molecule has 0 aromatic heterocycles. The highest BCUT2D eigenvalue weighted by atomic mass is 16.4. The van der Waals surface area contributed by atoms with E-state index in [1.54, 1.807) is 4.90 Å². The van der Waals surface area contributed by atoms with Crippen molar-refractivity contribution >= 4 is 12.0 Å². The molecule has 2 heterocycles. The highest BCUT2D eigenvalue weighted by Crippen LogP contribution is 2.34. The van der Waals surface area contributed by atoms with E-state index >= 15 is 0 Å². The third kappa shape index (κ3) is 3.33. The summed E-state index contributed by atoms with van der Waals surface area (Å²) in [6.07, 6.45) is 5.40. The van der Waals surface area contributed by atoms with Gasteiger partial charge < -0.3 is 14.9 Å². The normalized spacial score (nSPS) is 27.7. The van der Waals surface area contributed by atoms with Gasteiger partial charge in [0.25, 0.3) is 0 Å². The van der Waals surface area contributed by atoms with Crippen LogP contribution in [0.1, 0.15) is 52.4 Å². The van der Waals surface area contributed by atoms with Gasteiger partial charge >= 0.3 is 12.0 Å². The molecule has 2 fully saturated rings. The maximum absolute atomic E-state index is 12.6. The maximum Gasteiger partial charge on any atom is 0.320 e. The van der Waals surface area contributed by atoms with Crippen molar-refractivity contribution in [3.8, 4) is 0 Å². The summed E-state index contributed by atoms with van der Waals surface area (Å²) in [7, 11) is 0. The number of carboxylic acids is 1. The van der Waals surface area contributed by atoms with Crippen molar-refractivity contribution in [2.45, 2.75) is 52.4 Å². The van der Waals surface area contributed by atoms with Crippen molar-refractivity contribution in [3.63, 3.8) is 0 Å². The van der Waals surface area contributed by atoms with E-state index in [1.807, 2.05) is 11.8 Å². The van der Waals surface area contributed by atoms with Crippen LogP contribution in [0.4, 0.5) is 4.79 Å². The first-order valence-electron chi connectivity index (χ1n) is 8.29. The first-order valence-corrected chi connectivity index (χ1v) is 8.29. The van der Waals surface area contributed by atoms with Gasteiger partial charge in [0, 0.05) is 26.2 Å². The van der Waals surface area contributed by atoms with Crippen LogP contribution >= 0.6 is 0 Å². The van der Waals surface area contributed by atoms with E-state index in [0.717, 1.165) is 38.3 Å². The molecule has 2 aliphatic rings. The lowest BCUT2D eigenvalue weighted by molar-refractivity contribution is -0.152. The van der Waals surface area contributed by atoms with Gasteiger partial charge in [0.2, 0.25) is 0 Å². The Morgan fingerprint density at radius 2 is 1.81 bits per heavy atom. The average molecular weight is 296 g/mol. The molecular weight excluding hydrogens is 268 g/mol. The van der Waals surface area contributed by atoms with Gasteiger partial charge in [-0.25, -0.2) is 4.79 Å². The molecule has 1 N–H and O–H groups in total. The Hall–Kier alpha value is -1.26. The molecule has 0 radical (unpaired) electrons. The Bertz CT molecular complexity index is 391. The van der Waals surface area contributed by atoms with Crippen LogP contribution < -0.4 is 0 Å². The molecule has 2 aliphatic heterocycles. The number of piperidine rings is 2. The van der Waals surface area contributed by atoms with Gasteiger partial charge in [-0.3, -0.25) is 4.79 Å². The second kappa shape index (κ2) is 6.67. The maximum atomic E-state index is 12.6. The molecule has 1 atom stereocenters. The van der Waals surface area contributed by atoms with Gasteiger partial charge in [-0.1, -0.05) is 20.3 Å². The fourth-order valence-electron chi connectivity index (χ4n) is 3.64. The highest BCUT2D eigenvalue weighted by Gasteiger charge is 2.43. The summed E-state index contributed by atoms with van der Waals surface area (Å²) in [5.41, 5.74) is -0.740. The fourth-order valence-corrected chi connectivity index (χ4v) is 3.64. The SMILES string of the molecule is CCC1CCN(C(=O)N2CCCC(CC)(C(=O)O)C2)CC1. The van der Waals surface area contributed by atoms with Crippen molar-refractivity contribution in [3.05, 3.63) is 0 Å². The summed E-state index contributed by atoms with van der Waals surface area (Å²) in [6.45, 7) is 6.82. The smallest absolute Gasteiger partial charge is 0.320 e. The van der Waals surface area contributed by atoms with Crippen LogP contribution in [-0.4, -0.2) is 53.1 Å². The third-order valence-electron chi connectivity index (χ3n) is 5.44. The quantitative estimate of drug-likeness (QED) is 0.871. The Balaban J connectivity index is 1.98. The predicted octanol–water partition coefficient (Wildman–Crippen LogP) is 2.81. The minimum Gasteiger partial charge on any atom is -0.481 e. The number of amides is 2. The van der Waals surface area contributed by atoms with Crippen molar-refractivity contribution < 1.29 is 14.7 Å². The Morgan fingerprint density at radius 3 is 2.33 bits per heavy atom. The van der Waals surface area contributed by atoms with E-state index in [2.05, 4.69) is 6.92 Å². The minimum absolute atomic E-state index is 0.0447. The van der Waals surface area contributed by atoms with Gasteiger partial charge in [0.15, 0.2) is 0 Å². The van der Waals surface area contributed by atoms with E-state index in [4.69, 9.17) is 0 Å². The number of carbonyl (C=O) groups excluding carboxylic acids is 1. The topological polar surface area (TPSA) is 60.9 Å². The van der Waals surface area contributed by atoms with Crippen LogP contribution in [-0.2, 0) is 4.79 Å². The van der Waals surface area contributed by atoms with Crippen molar-refractivity contribution in [2.75, 3.05) is 26.2 Å². The largest absolute Gasteiger partial charge is 0.481 e. The van der Waals surface area contributed by atoms with Crippen molar-refractivity contribution in [1.82, 2.24) is 9.80 Å². The molecule has 0 spiro atoms. The third-order valence-corrected chi connectivity index (χ3v) is 5.44. The monoisotopic (exact) mass is 296 g/mol. The zero-order chi connectivity index (χ0) is 15.5. The van der Waals surface area contributed by atoms with E-state index in [0.29, 0.717) is 25.9 Å². The summed E-state index contributed by atoms with van der Waals surface area (Å²) in [4.78, 5) is 27.9. The lowest BCUT2D eigenvalue weighted by atomic mass is 9.78. The molecule has 120 valence electrons. The minimum atomic E-state index is -0.757. The van der Waals surface area contributed by atoms with Gasteiger partial charge in [0.1, 0.15) is 0 Å². The lowest BCUT2D eigenvalue weighted by Gasteiger charge is -2.42. The van der Waals surface area contributed by atoms with Gasteiger partial charge in [0.05, 0.1) is 5.41 Å². The van der Waals surface area contributed by atoms with E-state index in [1.165, 1.54) is 6.42 Å². The van der Waals surface area contributed by atoms with Gasteiger partial charge in [-0.15, -0.1) is 0 Å². The molecule has 1 unspecified atom stereocenters. The standard InChI is InChI=1S/C16H28N2O3/c1-3-13-6-10-17(11-7-13)15(21)18-9-5-8-16(4-2,12-18)14(19)20/h13H,3-12H2,1-2H3,(H,19,20). The summed E-state index contributed by atoms with van der Waals surface area (Å²) >= 11 is 0. The number of aliphatic carboxylic acids is 1. The number of hydrogen-bond acceptors (Lipinski definition) is 2. The summed E-state index contributed by atoms with van der Waals surface area (Å²) < 4.78 is 0. The first kappa shape index (κ1) is 16.1. The molecule has 2 saturated heterocycles. The summed E-state index contributed by atoms with van der Waals surface area (Å²) in [5, 5.41) is 9.51. The van der Waals surface area contributed by atoms with Crippen LogP contribution in [0.15, 0.2) is 0 Å². The van der Waals surface area contributed by atoms with Crippen LogP contribution in [0.25, 0.3) is 0 Å². The second-order valence-electron chi connectivity index (χ2n) is 6.59.